The highest BCUT2D eigenvalue weighted by Crippen LogP contribution is 2.25. The molecule has 0 aliphatic heterocycles. The lowest BCUT2D eigenvalue weighted by atomic mass is 10.2. The zero-order chi connectivity index (χ0) is 11.6. The number of aromatic nitrogens is 2. The van der Waals surface area contributed by atoms with E-state index < -0.39 is 5.82 Å². The van der Waals surface area contributed by atoms with Gasteiger partial charge in [-0.15, -0.1) is 0 Å². The van der Waals surface area contributed by atoms with Crippen molar-refractivity contribution in [3.63, 3.8) is 0 Å². The molecule has 0 bridgehead atoms. The van der Waals surface area contributed by atoms with Crippen LogP contribution in [0.1, 0.15) is 19.4 Å². The van der Waals surface area contributed by atoms with Crippen molar-refractivity contribution in [2.75, 3.05) is 0 Å². The Balaban J connectivity index is 0.000000531. The van der Waals surface area contributed by atoms with E-state index in [9.17, 15) is 4.39 Å². The Hall–Kier alpha value is -1.09. The first-order valence-corrected chi connectivity index (χ1v) is 5.24. The van der Waals surface area contributed by atoms with E-state index in [1.807, 2.05) is 27.0 Å². The predicted molar refractivity (Wildman–Crippen MR) is 61.8 cm³/mol. The van der Waals surface area contributed by atoms with Crippen LogP contribution in [0.3, 0.4) is 0 Å². The lowest BCUT2D eigenvalue weighted by Crippen LogP contribution is -1.90. The molecule has 0 saturated carbocycles. The van der Waals surface area contributed by atoms with Crippen LogP contribution in [0.25, 0.3) is 10.9 Å². The van der Waals surface area contributed by atoms with Gasteiger partial charge in [0.1, 0.15) is 0 Å². The highest BCUT2D eigenvalue weighted by molar-refractivity contribution is 6.30. The second kappa shape index (κ2) is 4.62. The number of aryl methyl sites for hydroxylation is 2. The van der Waals surface area contributed by atoms with E-state index in [4.69, 9.17) is 11.6 Å². The molecule has 2 rings (SSSR count). The van der Waals surface area contributed by atoms with Gasteiger partial charge in [-0.1, -0.05) is 25.4 Å². The van der Waals surface area contributed by atoms with E-state index in [2.05, 4.69) is 4.98 Å². The Morgan fingerprint density at radius 1 is 1.40 bits per heavy atom. The minimum Gasteiger partial charge on any atom is -0.348 e. The molecule has 0 unspecified atom stereocenters. The summed E-state index contributed by atoms with van der Waals surface area (Å²) in [7, 11) is 1.79. The smallest absolute Gasteiger partial charge is 0.184 e. The maximum absolute atomic E-state index is 13.5. The Kier molecular flexibility index (Phi) is 3.69. The molecule has 0 aliphatic carbocycles. The summed E-state index contributed by atoms with van der Waals surface area (Å²) in [5.41, 5.74) is 1.51. The van der Waals surface area contributed by atoms with Crippen molar-refractivity contribution in [3.05, 3.63) is 28.9 Å². The number of fused-ring (bicyclic) bond motifs is 1. The Bertz CT molecular complexity index is 477. The van der Waals surface area contributed by atoms with Crippen LogP contribution in [0, 0.1) is 12.7 Å². The third-order valence-corrected chi connectivity index (χ3v) is 2.38. The van der Waals surface area contributed by atoms with Crippen LogP contribution in [0.5, 0.6) is 0 Å². The summed E-state index contributed by atoms with van der Waals surface area (Å²) in [6.45, 7) is 5.91. The average molecular weight is 229 g/mol. The van der Waals surface area contributed by atoms with E-state index >= 15 is 0 Å². The fourth-order valence-electron chi connectivity index (χ4n) is 1.51. The molecule has 0 fully saturated rings. The molecule has 0 atom stereocenters. The third-order valence-electron chi connectivity index (χ3n) is 2.12. The monoisotopic (exact) mass is 228 g/mol. The van der Waals surface area contributed by atoms with Gasteiger partial charge in [0, 0.05) is 24.8 Å². The maximum Gasteiger partial charge on any atom is 0.184 e. The zero-order valence-electron chi connectivity index (χ0n) is 9.31. The van der Waals surface area contributed by atoms with Crippen molar-refractivity contribution in [3.8, 4) is 0 Å². The summed E-state index contributed by atoms with van der Waals surface area (Å²) < 4.78 is 15.2. The molecule has 0 spiro atoms. The van der Waals surface area contributed by atoms with E-state index in [-0.39, 0.29) is 5.15 Å². The predicted octanol–water partition coefficient (Wildman–Crippen LogP) is 3.70. The summed E-state index contributed by atoms with van der Waals surface area (Å²) in [6.07, 6.45) is 3.45. The van der Waals surface area contributed by atoms with E-state index in [0.717, 1.165) is 10.9 Å². The average Bonchev–Trinajstić information content (AvgIpc) is 2.51. The van der Waals surface area contributed by atoms with Gasteiger partial charge in [-0.05, 0) is 12.5 Å². The molecule has 82 valence electrons. The van der Waals surface area contributed by atoms with Gasteiger partial charge >= 0.3 is 0 Å². The lowest BCUT2D eigenvalue weighted by molar-refractivity contribution is 0.626. The molecule has 0 N–H and O–H groups in total. The summed E-state index contributed by atoms with van der Waals surface area (Å²) >= 11 is 5.57. The van der Waals surface area contributed by atoms with Gasteiger partial charge in [0.2, 0.25) is 0 Å². The quantitative estimate of drug-likeness (QED) is 0.629. The van der Waals surface area contributed by atoms with E-state index in [1.165, 1.54) is 0 Å². The normalized spacial score (nSPS) is 10.0. The number of nitrogens with zero attached hydrogens (tertiary/aromatic N) is 2. The van der Waals surface area contributed by atoms with Crippen LogP contribution in [0.4, 0.5) is 4.39 Å². The SMILES string of the molecule is CC.Cc1cn(C)c2c(F)c(Cl)ncc12. The van der Waals surface area contributed by atoms with Crippen LogP contribution in [0.2, 0.25) is 5.15 Å². The van der Waals surface area contributed by atoms with Crippen LogP contribution in [0.15, 0.2) is 12.4 Å². The number of hydrogen-bond acceptors (Lipinski definition) is 1. The first-order chi connectivity index (χ1) is 7.11. The zero-order valence-corrected chi connectivity index (χ0v) is 10.1. The molecule has 0 saturated heterocycles. The second-order valence-corrected chi connectivity index (χ2v) is 3.41. The molecule has 2 heterocycles. The topological polar surface area (TPSA) is 17.8 Å². The largest absolute Gasteiger partial charge is 0.348 e. The fraction of sp³-hybridized carbons (Fsp3) is 0.364. The van der Waals surface area contributed by atoms with Gasteiger partial charge in [-0.25, -0.2) is 9.37 Å². The third kappa shape index (κ3) is 1.97. The minimum atomic E-state index is -0.449. The number of pyridine rings is 1. The van der Waals surface area contributed by atoms with Crippen LogP contribution < -0.4 is 0 Å². The van der Waals surface area contributed by atoms with Crippen molar-refractivity contribution in [1.29, 1.82) is 0 Å². The second-order valence-electron chi connectivity index (χ2n) is 3.05. The highest BCUT2D eigenvalue weighted by atomic mass is 35.5. The van der Waals surface area contributed by atoms with Crippen molar-refractivity contribution in [2.24, 2.45) is 7.05 Å². The first-order valence-electron chi connectivity index (χ1n) is 4.87. The van der Waals surface area contributed by atoms with Gasteiger partial charge < -0.3 is 4.57 Å². The van der Waals surface area contributed by atoms with Crippen molar-refractivity contribution >= 4 is 22.5 Å². The van der Waals surface area contributed by atoms with Crippen LogP contribution in [-0.4, -0.2) is 9.55 Å². The van der Waals surface area contributed by atoms with Gasteiger partial charge in [-0.2, -0.15) is 0 Å². The lowest BCUT2D eigenvalue weighted by Gasteiger charge is -1.98. The molecule has 2 aromatic rings. The van der Waals surface area contributed by atoms with Crippen molar-refractivity contribution in [2.45, 2.75) is 20.8 Å². The Labute approximate surface area is 93.7 Å². The van der Waals surface area contributed by atoms with Gasteiger partial charge in [0.25, 0.3) is 0 Å². The Morgan fingerprint density at radius 3 is 2.60 bits per heavy atom. The number of rotatable bonds is 0. The first kappa shape index (κ1) is 12.0. The summed E-state index contributed by atoms with van der Waals surface area (Å²) in [4.78, 5) is 3.76. The summed E-state index contributed by atoms with van der Waals surface area (Å²) in [5, 5.41) is 0.734. The molecule has 2 nitrogen and oxygen atoms in total. The molecule has 0 aromatic carbocycles. The van der Waals surface area contributed by atoms with Gasteiger partial charge in [0.15, 0.2) is 11.0 Å². The van der Waals surface area contributed by atoms with Crippen molar-refractivity contribution in [1.82, 2.24) is 9.55 Å². The molecule has 0 aliphatic rings. The molecular weight excluding hydrogens is 215 g/mol. The van der Waals surface area contributed by atoms with Crippen LogP contribution >= 0.6 is 11.6 Å². The maximum atomic E-state index is 13.5. The summed E-state index contributed by atoms with van der Waals surface area (Å²) in [6, 6.07) is 0. The molecule has 2 aromatic heterocycles. The molecule has 0 radical (unpaired) electrons. The highest BCUT2D eigenvalue weighted by Gasteiger charge is 2.11. The minimum absolute atomic E-state index is 0.0753. The standard InChI is InChI=1S/C9H8ClFN2.C2H6/c1-5-4-13(2)8-6(5)3-12-9(10)7(8)11;1-2/h3-4H,1-2H3;1-2H3. The molecular formula is C11H14ClFN2. The van der Waals surface area contributed by atoms with Crippen molar-refractivity contribution < 1.29 is 4.39 Å². The number of hydrogen-bond donors (Lipinski definition) is 0. The molecule has 15 heavy (non-hydrogen) atoms. The fourth-order valence-corrected chi connectivity index (χ4v) is 1.65. The number of halogens is 2. The van der Waals surface area contributed by atoms with E-state index in [1.54, 1.807) is 17.8 Å². The Morgan fingerprint density at radius 2 is 2.00 bits per heavy atom. The summed E-state index contributed by atoms with van der Waals surface area (Å²) in [5.74, 6) is -0.449. The van der Waals surface area contributed by atoms with Gasteiger partial charge in [0.05, 0.1) is 5.52 Å². The van der Waals surface area contributed by atoms with Crippen LogP contribution in [-0.2, 0) is 7.05 Å². The molecule has 0 amide bonds. The molecule has 4 heteroatoms. The van der Waals surface area contributed by atoms with E-state index in [0.29, 0.717) is 5.52 Å². The van der Waals surface area contributed by atoms with Gasteiger partial charge in [-0.3, -0.25) is 0 Å².